The highest BCUT2D eigenvalue weighted by molar-refractivity contribution is 7.18. The maximum absolute atomic E-state index is 11.6. The number of hydrogen-bond acceptors (Lipinski definition) is 0. The van der Waals surface area contributed by atoms with Crippen LogP contribution in [0.3, 0.4) is 0 Å². The van der Waals surface area contributed by atoms with Crippen LogP contribution in [0.25, 0.3) is 0 Å². The van der Waals surface area contributed by atoms with E-state index in [-0.39, 0.29) is 6.08 Å². The molecule has 1 atom stereocenters. The summed E-state index contributed by atoms with van der Waals surface area (Å²) in [5.74, 6) is 0. The maximum Gasteiger partial charge on any atom is 0.409 e. The third kappa shape index (κ3) is 7.82. The van der Waals surface area contributed by atoms with Gasteiger partial charge in [-0.05, 0) is 6.08 Å². The van der Waals surface area contributed by atoms with E-state index in [0.717, 1.165) is 9.24 Å². The van der Waals surface area contributed by atoms with Gasteiger partial charge in [0.05, 0.1) is 0 Å². The molecule has 0 aromatic heterocycles. The van der Waals surface area contributed by atoms with Crippen molar-refractivity contribution in [3.8, 4) is 0 Å². The van der Waals surface area contributed by atoms with Crippen molar-refractivity contribution in [2.24, 2.45) is 0 Å². The first-order valence-electron chi connectivity index (χ1n) is 2.14. The minimum absolute atomic E-state index is 0.225. The van der Waals surface area contributed by atoms with Gasteiger partial charge in [0.25, 0.3) is 5.66 Å². The largest absolute Gasteiger partial charge is 0.409 e. The first-order chi connectivity index (χ1) is 4.21. The second-order valence-corrected chi connectivity index (χ2v) is 2.32. The van der Waals surface area contributed by atoms with Crippen LogP contribution in [0.2, 0.25) is 0 Å². The molecule has 0 aliphatic rings. The second kappa shape index (κ2) is 2.82. The summed E-state index contributed by atoms with van der Waals surface area (Å²) in [5.41, 5.74) is -3.48. The van der Waals surface area contributed by atoms with Crippen LogP contribution < -0.4 is 0 Å². The Morgan fingerprint density at radius 2 is 1.30 bits per heavy atom. The van der Waals surface area contributed by atoms with E-state index in [2.05, 4.69) is 0 Å². The fourth-order valence-corrected chi connectivity index (χ4v) is 0.302. The highest BCUT2D eigenvalue weighted by Crippen LogP contribution is 2.26. The first kappa shape index (κ1) is 9.82. The van der Waals surface area contributed by atoms with Gasteiger partial charge in [-0.3, -0.25) is 0 Å². The van der Waals surface area contributed by atoms with Crippen molar-refractivity contribution < 1.29 is 22.0 Å². The summed E-state index contributed by atoms with van der Waals surface area (Å²) in [6.45, 7) is 0. The van der Waals surface area contributed by atoms with E-state index in [1.165, 1.54) is 0 Å². The Hall–Kier alpha value is -0.180. The summed E-state index contributed by atoms with van der Waals surface area (Å²) >= 11 is 0. The Kier molecular flexibility index (Phi) is 2.77. The number of allylic oxidation sites excluding steroid dienone is 2. The molecule has 1 unspecified atom stereocenters. The van der Waals surface area contributed by atoms with Crippen molar-refractivity contribution in [2.45, 2.75) is 11.8 Å². The molecule has 0 heterocycles. The highest BCUT2D eigenvalue weighted by Gasteiger charge is 2.26. The van der Waals surface area contributed by atoms with Crippen LogP contribution in [0.5, 0.6) is 0 Å². The molecule has 0 saturated carbocycles. The molecule has 0 aromatic rings. The third-order valence-electron chi connectivity index (χ3n) is 0.495. The molecule has 10 heavy (non-hydrogen) atoms. The van der Waals surface area contributed by atoms with Gasteiger partial charge in [-0.25, -0.2) is 0 Å². The van der Waals surface area contributed by atoms with Gasteiger partial charge in [-0.15, -0.1) is 0 Å². The zero-order valence-electron chi connectivity index (χ0n) is 4.62. The van der Waals surface area contributed by atoms with E-state index in [1.807, 2.05) is 0 Å². The van der Waals surface area contributed by atoms with Crippen LogP contribution in [0, 0.1) is 0 Å². The summed E-state index contributed by atoms with van der Waals surface area (Å²) in [4.78, 5) is 0. The Morgan fingerprint density at radius 3 is 1.40 bits per heavy atom. The van der Waals surface area contributed by atoms with Crippen molar-refractivity contribution >= 4 is 9.24 Å². The lowest BCUT2D eigenvalue weighted by molar-refractivity contribution is -0.0810. The molecule has 0 amide bonds. The number of rotatable bonds is 1. The van der Waals surface area contributed by atoms with Gasteiger partial charge in [-0.2, -0.15) is 22.0 Å². The lowest BCUT2D eigenvalue weighted by atomic mass is 10.5. The van der Waals surface area contributed by atoms with Crippen molar-refractivity contribution in [3.63, 3.8) is 0 Å². The van der Waals surface area contributed by atoms with Gasteiger partial charge in [0, 0.05) is 6.08 Å². The van der Waals surface area contributed by atoms with E-state index in [4.69, 9.17) is 0 Å². The van der Waals surface area contributed by atoms with Gasteiger partial charge >= 0.3 is 6.18 Å². The molecule has 0 N–H and O–H groups in total. The predicted octanol–water partition coefficient (Wildman–Crippen LogP) is 2.57. The molecule has 0 fully saturated rings. The molecule has 0 aromatic carbocycles. The van der Waals surface area contributed by atoms with Gasteiger partial charge < -0.3 is 0 Å². The average molecular weight is 178 g/mol. The Balaban J connectivity index is 4.01. The number of hydrogen-bond donors (Lipinski definition) is 0. The SMILES string of the molecule is FC(F)(F)/C=C/C(F)(F)P. The van der Waals surface area contributed by atoms with Gasteiger partial charge in [-0.1, -0.05) is 9.24 Å². The fourth-order valence-electron chi connectivity index (χ4n) is 0.206. The zero-order valence-corrected chi connectivity index (χ0v) is 5.78. The normalized spacial score (nSPS) is 14.6. The monoisotopic (exact) mass is 178 g/mol. The molecule has 0 rings (SSSR count). The Morgan fingerprint density at radius 1 is 0.900 bits per heavy atom. The molecule has 0 aliphatic heterocycles. The standard InChI is InChI=1S/C4H4F5P/c5-3(6,7)1-2-4(8,9)10/h1-2H,10H2/b2-1+. The van der Waals surface area contributed by atoms with Crippen molar-refractivity contribution in [1.82, 2.24) is 0 Å². The molecule has 0 spiro atoms. The molecule has 0 nitrogen and oxygen atoms in total. The molecule has 0 saturated heterocycles. The summed E-state index contributed by atoms with van der Waals surface area (Å²) in [6, 6.07) is 0. The van der Waals surface area contributed by atoms with Crippen LogP contribution in [-0.4, -0.2) is 11.8 Å². The molecule has 0 bridgehead atoms. The topological polar surface area (TPSA) is 0 Å². The lowest BCUT2D eigenvalue weighted by Gasteiger charge is -2.03. The van der Waals surface area contributed by atoms with Crippen LogP contribution in [-0.2, 0) is 0 Å². The lowest BCUT2D eigenvalue weighted by Crippen LogP contribution is -2.05. The predicted molar refractivity (Wildman–Crippen MR) is 29.9 cm³/mol. The van der Waals surface area contributed by atoms with Crippen molar-refractivity contribution in [2.75, 3.05) is 0 Å². The van der Waals surface area contributed by atoms with E-state index in [0.29, 0.717) is 0 Å². The zero-order chi connectivity index (χ0) is 8.41. The van der Waals surface area contributed by atoms with Crippen molar-refractivity contribution in [1.29, 1.82) is 0 Å². The Labute approximate surface area is 56.3 Å². The van der Waals surface area contributed by atoms with E-state index in [1.54, 1.807) is 0 Å². The molecule has 0 radical (unpaired) electrons. The number of halogens is 5. The summed E-state index contributed by atoms with van der Waals surface area (Å²) in [7, 11) is 0.974. The molecule has 6 heteroatoms. The molecular formula is C4H4F5P. The van der Waals surface area contributed by atoms with E-state index < -0.39 is 17.9 Å². The minimum Gasteiger partial charge on any atom is -0.198 e. The molecular weight excluding hydrogens is 174 g/mol. The summed E-state index contributed by atoms with van der Waals surface area (Å²) in [6.07, 6.45) is -5.39. The Bertz CT molecular complexity index is 114. The molecule has 60 valence electrons. The minimum atomic E-state index is -4.67. The summed E-state index contributed by atoms with van der Waals surface area (Å²) in [5, 5.41) is 0. The maximum atomic E-state index is 11.6. The third-order valence-corrected chi connectivity index (χ3v) is 0.687. The van der Waals surface area contributed by atoms with Crippen LogP contribution in [0.1, 0.15) is 0 Å². The van der Waals surface area contributed by atoms with Crippen LogP contribution >= 0.6 is 9.24 Å². The fraction of sp³-hybridized carbons (Fsp3) is 0.500. The molecule has 0 aliphatic carbocycles. The summed E-state index contributed by atoms with van der Waals surface area (Å²) < 4.78 is 56.7. The average Bonchev–Trinajstić information content (AvgIpc) is 1.57. The smallest absolute Gasteiger partial charge is 0.198 e. The quantitative estimate of drug-likeness (QED) is 0.329. The van der Waals surface area contributed by atoms with E-state index in [9.17, 15) is 22.0 Å². The van der Waals surface area contributed by atoms with Crippen LogP contribution in [0.4, 0.5) is 22.0 Å². The first-order valence-corrected chi connectivity index (χ1v) is 2.72. The number of alkyl halides is 5. The van der Waals surface area contributed by atoms with Crippen LogP contribution in [0.15, 0.2) is 12.2 Å². The second-order valence-electron chi connectivity index (χ2n) is 1.55. The van der Waals surface area contributed by atoms with Gasteiger partial charge in [0.1, 0.15) is 0 Å². The van der Waals surface area contributed by atoms with Gasteiger partial charge in [0.15, 0.2) is 0 Å². The highest BCUT2D eigenvalue weighted by atomic mass is 31.0. The van der Waals surface area contributed by atoms with E-state index >= 15 is 0 Å². The van der Waals surface area contributed by atoms with Crippen molar-refractivity contribution in [3.05, 3.63) is 12.2 Å². The van der Waals surface area contributed by atoms with Gasteiger partial charge in [0.2, 0.25) is 0 Å².